The molecule has 2 rings (SSSR count). The second-order valence-corrected chi connectivity index (χ2v) is 4.96. The van der Waals surface area contributed by atoms with E-state index in [2.05, 4.69) is 15.9 Å². The summed E-state index contributed by atoms with van der Waals surface area (Å²) >= 11 is 3.30. The number of carbonyl (C=O) groups excluding carboxylic acids is 1. The van der Waals surface area contributed by atoms with Gasteiger partial charge < -0.3 is 4.74 Å². The minimum Gasteiger partial charge on any atom is -0.494 e. The summed E-state index contributed by atoms with van der Waals surface area (Å²) in [6, 6.07) is 11.8. The third-order valence-electron chi connectivity index (χ3n) is 2.78. The smallest absolute Gasteiger partial charge is 0.168 e. The lowest BCUT2D eigenvalue weighted by atomic mass is 10.0. The summed E-state index contributed by atoms with van der Waals surface area (Å²) in [4.78, 5) is 12.1. The number of benzene rings is 2. The van der Waals surface area contributed by atoms with Gasteiger partial charge in [-0.15, -0.1) is 0 Å². The number of halogens is 2. The zero-order valence-electron chi connectivity index (χ0n) is 10.3. The number of hydrogen-bond acceptors (Lipinski definition) is 2. The van der Waals surface area contributed by atoms with E-state index >= 15 is 0 Å². The standard InChI is InChI=1S/C15H12BrFO2/c1-19-14-4-2-3-11(15(14)17)9-13(18)10-5-7-12(16)8-6-10/h2-8H,9H2,1H3. The van der Waals surface area contributed by atoms with Crippen LogP contribution in [0.3, 0.4) is 0 Å². The fraction of sp³-hybridized carbons (Fsp3) is 0.133. The highest BCUT2D eigenvalue weighted by Gasteiger charge is 2.13. The maximum atomic E-state index is 13.9. The molecule has 2 aromatic rings. The van der Waals surface area contributed by atoms with E-state index in [4.69, 9.17) is 4.74 Å². The summed E-state index contributed by atoms with van der Waals surface area (Å²) in [6.45, 7) is 0. The number of rotatable bonds is 4. The lowest BCUT2D eigenvalue weighted by Gasteiger charge is -2.07. The fourth-order valence-corrected chi connectivity index (χ4v) is 2.03. The fourth-order valence-electron chi connectivity index (χ4n) is 1.76. The van der Waals surface area contributed by atoms with Gasteiger partial charge in [0.2, 0.25) is 0 Å². The van der Waals surface area contributed by atoms with Crippen LogP contribution in [0, 0.1) is 5.82 Å². The molecule has 0 bridgehead atoms. The molecule has 0 saturated heterocycles. The number of ether oxygens (including phenoxy) is 1. The number of carbonyl (C=O) groups is 1. The van der Waals surface area contributed by atoms with Crippen LogP contribution < -0.4 is 4.74 Å². The van der Waals surface area contributed by atoms with E-state index in [0.29, 0.717) is 11.1 Å². The van der Waals surface area contributed by atoms with Gasteiger partial charge in [0.1, 0.15) is 0 Å². The van der Waals surface area contributed by atoms with Gasteiger partial charge in [-0.2, -0.15) is 0 Å². The number of Topliss-reactive ketones (excluding diaryl/α,β-unsaturated/α-hetero) is 1. The van der Waals surface area contributed by atoms with Crippen molar-refractivity contribution in [1.82, 2.24) is 0 Å². The molecule has 0 spiro atoms. The van der Waals surface area contributed by atoms with Crippen LogP contribution in [0.1, 0.15) is 15.9 Å². The molecule has 0 heterocycles. The molecule has 0 N–H and O–H groups in total. The Hall–Kier alpha value is -1.68. The van der Waals surface area contributed by atoms with Crippen molar-refractivity contribution in [2.45, 2.75) is 6.42 Å². The summed E-state index contributed by atoms with van der Waals surface area (Å²) in [5, 5.41) is 0. The SMILES string of the molecule is COc1cccc(CC(=O)c2ccc(Br)cc2)c1F. The molecular formula is C15H12BrFO2. The first-order chi connectivity index (χ1) is 9.11. The lowest BCUT2D eigenvalue weighted by Crippen LogP contribution is -2.05. The summed E-state index contributed by atoms with van der Waals surface area (Å²) in [5.41, 5.74) is 0.901. The van der Waals surface area contributed by atoms with Crippen molar-refractivity contribution in [2.24, 2.45) is 0 Å². The van der Waals surface area contributed by atoms with E-state index in [1.165, 1.54) is 13.2 Å². The number of hydrogen-bond donors (Lipinski definition) is 0. The first-order valence-electron chi connectivity index (χ1n) is 5.72. The largest absolute Gasteiger partial charge is 0.494 e. The van der Waals surface area contributed by atoms with Gasteiger partial charge in [-0.25, -0.2) is 4.39 Å². The van der Waals surface area contributed by atoms with Crippen LogP contribution in [0.2, 0.25) is 0 Å². The molecule has 0 aliphatic rings. The van der Waals surface area contributed by atoms with Crippen LogP contribution in [0.15, 0.2) is 46.9 Å². The minimum absolute atomic E-state index is 0.0185. The van der Waals surface area contributed by atoms with E-state index in [0.717, 1.165) is 4.47 Å². The van der Waals surface area contributed by atoms with Crippen molar-refractivity contribution in [3.63, 3.8) is 0 Å². The molecule has 0 aromatic heterocycles. The highest BCUT2D eigenvalue weighted by molar-refractivity contribution is 9.10. The second-order valence-electron chi connectivity index (χ2n) is 4.04. The Bertz CT molecular complexity index is 594. The zero-order valence-corrected chi connectivity index (χ0v) is 11.9. The third-order valence-corrected chi connectivity index (χ3v) is 3.31. The van der Waals surface area contributed by atoms with Crippen LogP contribution in [-0.4, -0.2) is 12.9 Å². The van der Waals surface area contributed by atoms with Crippen molar-refractivity contribution in [3.8, 4) is 5.75 Å². The van der Waals surface area contributed by atoms with E-state index in [1.807, 2.05) is 0 Å². The highest BCUT2D eigenvalue weighted by Crippen LogP contribution is 2.21. The summed E-state index contributed by atoms with van der Waals surface area (Å²) < 4.78 is 19.7. The minimum atomic E-state index is -0.476. The Kier molecular flexibility index (Phi) is 4.32. The molecule has 0 atom stereocenters. The molecule has 0 radical (unpaired) electrons. The zero-order chi connectivity index (χ0) is 13.8. The van der Waals surface area contributed by atoms with Crippen LogP contribution >= 0.6 is 15.9 Å². The van der Waals surface area contributed by atoms with Gasteiger partial charge in [0.05, 0.1) is 7.11 Å². The van der Waals surface area contributed by atoms with Crippen molar-refractivity contribution in [1.29, 1.82) is 0 Å². The monoisotopic (exact) mass is 322 g/mol. The van der Waals surface area contributed by atoms with Crippen molar-refractivity contribution in [3.05, 3.63) is 63.9 Å². The molecule has 19 heavy (non-hydrogen) atoms. The van der Waals surface area contributed by atoms with E-state index < -0.39 is 5.82 Å². The van der Waals surface area contributed by atoms with Gasteiger partial charge in [-0.05, 0) is 23.8 Å². The van der Waals surface area contributed by atoms with Crippen LogP contribution in [0.5, 0.6) is 5.75 Å². The molecule has 4 heteroatoms. The van der Waals surface area contributed by atoms with Gasteiger partial charge in [0.15, 0.2) is 17.3 Å². The van der Waals surface area contributed by atoms with E-state index in [1.54, 1.807) is 36.4 Å². The summed E-state index contributed by atoms with van der Waals surface area (Å²) in [6.07, 6.45) is 0.0185. The predicted octanol–water partition coefficient (Wildman–Crippen LogP) is 4.02. The van der Waals surface area contributed by atoms with Crippen molar-refractivity contribution in [2.75, 3.05) is 7.11 Å². The normalized spacial score (nSPS) is 10.3. The molecule has 2 aromatic carbocycles. The quantitative estimate of drug-likeness (QED) is 0.795. The Morgan fingerprint density at radius 1 is 1.21 bits per heavy atom. The van der Waals surface area contributed by atoms with Gasteiger partial charge in [0.25, 0.3) is 0 Å². The maximum Gasteiger partial charge on any atom is 0.168 e. The van der Waals surface area contributed by atoms with Gasteiger partial charge >= 0.3 is 0 Å². The highest BCUT2D eigenvalue weighted by atomic mass is 79.9. The summed E-state index contributed by atoms with van der Waals surface area (Å²) in [7, 11) is 1.40. The molecule has 0 unspecified atom stereocenters. The lowest BCUT2D eigenvalue weighted by molar-refractivity contribution is 0.0991. The Balaban J connectivity index is 2.21. The van der Waals surface area contributed by atoms with Crippen LogP contribution in [-0.2, 0) is 6.42 Å². The molecule has 0 aliphatic carbocycles. The Labute approximate surface area is 119 Å². The Morgan fingerprint density at radius 3 is 2.53 bits per heavy atom. The van der Waals surface area contributed by atoms with E-state index in [-0.39, 0.29) is 18.0 Å². The van der Waals surface area contributed by atoms with Gasteiger partial charge in [0, 0.05) is 16.5 Å². The van der Waals surface area contributed by atoms with Crippen LogP contribution in [0.25, 0.3) is 0 Å². The topological polar surface area (TPSA) is 26.3 Å². The number of methoxy groups -OCH3 is 1. The third kappa shape index (κ3) is 3.20. The average Bonchev–Trinajstić information content (AvgIpc) is 2.42. The van der Waals surface area contributed by atoms with Crippen LogP contribution in [0.4, 0.5) is 4.39 Å². The molecule has 2 nitrogen and oxygen atoms in total. The molecule has 98 valence electrons. The molecule has 0 saturated carbocycles. The average molecular weight is 323 g/mol. The second kappa shape index (κ2) is 5.97. The predicted molar refractivity (Wildman–Crippen MR) is 75.1 cm³/mol. The van der Waals surface area contributed by atoms with Gasteiger partial charge in [-0.3, -0.25) is 4.79 Å². The first kappa shape index (κ1) is 13.7. The summed E-state index contributed by atoms with van der Waals surface area (Å²) in [5.74, 6) is -0.448. The maximum absolute atomic E-state index is 13.9. The van der Waals surface area contributed by atoms with E-state index in [9.17, 15) is 9.18 Å². The van der Waals surface area contributed by atoms with Gasteiger partial charge in [-0.1, -0.05) is 40.2 Å². The van der Waals surface area contributed by atoms with Crippen molar-refractivity contribution < 1.29 is 13.9 Å². The molecule has 0 aliphatic heterocycles. The molecular weight excluding hydrogens is 311 g/mol. The molecule has 0 amide bonds. The van der Waals surface area contributed by atoms with Crippen molar-refractivity contribution >= 4 is 21.7 Å². The number of ketones is 1. The first-order valence-corrected chi connectivity index (χ1v) is 6.51. The molecule has 0 fully saturated rings. The Morgan fingerprint density at radius 2 is 1.89 bits per heavy atom.